The third-order valence-electron chi connectivity index (χ3n) is 4.69. The summed E-state index contributed by atoms with van der Waals surface area (Å²) in [5.41, 5.74) is 1.87. The summed E-state index contributed by atoms with van der Waals surface area (Å²) in [5.74, 6) is 1.41. The number of fused-ring (bicyclic) bond motifs is 1. The van der Waals surface area contributed by atoms with Crippen molar-refractivity contribution in [3.05, 3.63) is 53.3 Å². The van der Waals surface area contributed by atoms with E-state index >= 15 is 0 Å². The molecule has 0 aliphatic rings. The summed E-state index contributed by atoms with van der Waals surface area (Å²) in [6, 6.07) is 15.5. The number of amides is 1. The highest BCUT2D eigenvalue weighted by Crippen LogP contribution is 2.25. The number of hydrogen-bond acceptors (Lipinski definition) is 7. The van der Waals surface area contributed by atoms with Crippen LogP contribution in [0.1, 0.15) is 6.42 Å². The van der Waals surface area contributed by atoms with E-state index in [1.165, 1.54) is 0 Å². The number of para-hydroxylation sites is 1. The van der Waals surface area contributed by atoms with Crippen LogP contribution >= 0.6 is 23.6 Å². The van der Waals surface area contributed by atoms with E-state index < -0.39 is 0 Å². The lowest BCUT2D eigenvalue weighted by atomic mass is 10.2. The molecule has 3 N–H and O–H groups in total. The first-order valence-corrected chi connectivity index (χ1v) is 11.0. The number of nitrogens with one attached hydrogen (secondary N) is 3. The number of nitrogens with zero attached hydrogens (tertiary/aromatic N) is 3. The number of carbonyl (C=O) groups excluding carboxylic acids is 1. The summed E-state index contributed by atoms with van der Waals surface area (Å²) in [5, 5.41) is 14.1. The van der Waals surface area contributed by atoms with Crippen molar-refractivity contribution in [1.82, 2.24) is 25.1 Å². The highest BCUT2D eigenvalue weighted by atomic mass is 32.1. The Kier molecular flexibility index (Phi) is 6.58. The minimum absolute atomic E-state index is 0.0464. The van der Waals surface area contributed by atoms with Crippen LogP contribution in [0.25, 0.3) is 21.6 Å². The Labute approximate surface area is 188 Å². The highest BCUT2D eigenvalue weighted by molar-refractivity contribution is 7.71. The van der Waals surface area contributed by atoms with Crippen LogP contribution in [0, 0.1) is 4.77 Å². The molecule has 2 aromatic carbocycles. The molecule has 0 aliphatic carbocycles. The maximum Gasteiger partial charge on any atom is 0.221 e. The maximum absolute atomic E-state index is 12.3. The molecule has 0 radical (unpaired) electrons. The van der Waals surface area contributed by atoms with Gasteiger partial charge in [0.1, 0.15) is 5.75 Å². The van der Waals surface area contributed by atoms with Crippen LogP contribution in [0.5, 0.6) is 5.75 Å². The summed E-state index contributed by atoms with van der Waals surface area (Å²) in [7, 11) is 1.62. The Hall–Kier alpha value is -3.24. The van der Waals surface area contributed by atoms with Gasteiger partial charge in [-0.1, -0.05) is 23.5 Å². The van der Waals surface area contributed by atoms with Crippen molar-refractivity contribution in [1.29, 1.82) is 0 Å². The largest absolute Gasteiger partial charge is 0.497 e. The standard InChI is InChI=1S/C21H22N6O2S2/c1-29-15-8-6-14(7-9-15)19-25-26-21(30)27(19)13-10-18(28)22-11-12-23-20-24-16-4-2-3-5-17(16)31-20/h2-9H,10-13H2,1H3,(H,22,28)(H,23,24)(H,26,30). The van der Waals surface area contributed by atoms with Crippen molar-refractivity contribution in [2.45, 2.75) is 13.0 Å². The molecule has 8 nitrogen and oxygen atoms in total. The number of benzene rings is 2. The number of H-pyrrole nitrogens is 1. The van der Waals surface area contributed by atoms with Gasteiger partial charge in [0, 0.05) is 31.6 Å². The van der Waals surface area contributed by atoms with E-state index in [-0.39, 0.29) is 5.91 Å². The van der Waals surface area contributed by atoms with Gasteiger partial charge < -0.3 is 15.4 Å². The number of ether oxygens (including phenoxy) is 1. The number of methoxy groups -OCH3 is 1. The second-order valence-corrected chi connectivity index (χ2v) is 8.16. The second-order valence-electron chi connectivity index (χ2n) is 6.75. The molecule has 31 heavy (non-hydrogen) atoms. The summed E-state index contributed by atoms with van der Waals surface area (Å²) in [6.07, 6.45) is 0.304. The Balaban J connectivity index is 1.27. The zero-order valence-corrected chi connectivity index (χ0v) is 18.6. The third-order valence-corrected chi connectivity index (χ3v) is 5.99. The van der Waals surface area contributed by atoms with Gasteiger partial charge in [-0.2, -0.15) is 5.10 Å². The average molecular weight is 455 g/mol. The van der Waals surface area contributed by atoms with Crippen molar-refractivity contribution < 1.29 is 9.53 Å². The van der Waals surface area contributed by atoms with Gasteiger partial charge in [0.05, 0.1) is 17.3 Å². The predicted octanol–water partition coefficient (Wildman–Crippen LogP) is 3.84. The number of thiazole rings is 1. The second kappa shape index (κ2) is 9.71. The van der Waals surface area contributed by atoms with E-state index in [1.54, 1.807) is 18.4 Å². The minimum Gasteiger partial charge on any atom is -0.497 e. The molecule has 2 aromatic heterocycles. The zero-order valence-electron chi connectivity index (χ0n) is 16.9. The molecule has 0 unspecified atom stereocenters. The van der Waals surface area contributed by atoms with Crippen LogP contribution in [0.4, 0.5) is 5.13 Å². The van der Waals surface area contributed by atoms with Crippen molar-refractivity contribution in [2.75, 3.05) is 25.5 Å². The van der Waals surface area contributed by atoms with Crippen molar-refractivity contribution >= 4 is 44.8 Å². The monoisotopic (exact) mass is 454 g/mol. The fourth-order valence-electron chi connectivity index (χ4n) is 3.11. The number of hydrogen-bond donors (Lipinski definition) is 3. The third kappa shape index (κ3) is 5.09. The van der Waals surface area contributed by atoms with Crippen molar-refractivity contribution in [2.24, 2.45) is 0 Å². The average Bonchev–Trinajstić information content (AvgIpc) is 3.38. The fourth-order valence-corrected chi connectivity index (χ4v) is 4.22. The van der Waals surface area contributed by atoms with Gasteiger partial charge in [0.2, 0.25) is 5.91 Å². The normalized spacial score (nSPS) is 10.9. The number of rotatable bonds is 9. The number of carbonyl (C=O) groups is 1. The lowest BCUT2D eigenvalue weighted by molar-refractivity contribution is -0.121. The van der Waals surface area contributed by atoms with E-state index in [2.05, 4.69) is 25.8 Å². The van der Waals surface area contributed by atoms with Crippen LogP contribution in [-0.2, 0) is 11.3 Å². The summed E-state index contributed by atoms with van der Waals surface area (Å²) in [6.45, 7) is 1.55. The van der Waals surface area contributed by atoms with Crippen LogP contribution in [0.3, 0.4) is 0 Å². The number of aromatic nitrogens is 4. The Morgan fingerprint density at radius 2 is 2.00 bits per heavy atom. The van der Waals surface area contributed by atoms with Crippen LogP contribution in [-0.4, -0.2) is 45.9 Å². The molecule has 1 amide bonds. The van der Waals surface area contributed by atoms with Crippen LogP contribution in [0.15, 0.2) is 48.5 Å². The van der Waals surface area contributed by atoms with Gasteiger partial charge in [0.15, 0.2) is 15.7 Å². The first-order valence-electron chi connectivity index (χ1n) is 9.80. The molecule has 0 atom stereocenters. The van der Waals surface area contributed by atoms with E-state index in [9.17, 15) is 4.79 Å². The quantitative estimate of drug-likeness (QED) is 0.263. The topological polar surface area (TPSA) is 96.9 Å². The van der Waals surface area contributed by atoms with Gasteiger partial charge in [0.25, 0.3) is 0 Å². The Morgan fingerprint density at radius 1 is 1.19 bits per heavy atom. The molecule has 2 heterocycles. The molecule has 0 fully saturated rings. The van der Waals surface area contributed by atoms with Crippen LogP contribution < -0.4 is 15.4 Å². The molecule has 0 saturated heterocycles. The van der Waals surface area contributed by atoms with Crippen molar-refractivity contribution in [3.8, 4) is 17.1 Å². The fraction of sp³-hybridized carbons (Fsp3) is 0.238. The predicted molar refractivity (Wildman–Crippen MR) is 125 cm³/mol. The zero-order chi connectivity index (χ0) is 21.6. The van der Waals surface area contributed by atoms with E-state index in [4.69, 9.17) is 17.0 Å². The van der Waals surface area contributed by atoms with Gasteiger partial charge in [-0.15, -0.1) is 0 Å². The molecule has 0 spiro atoms. The molecular formula is C21H22N6O2S2. The summed E-state index contributed by atoms with van der Waals surface area (Å²) < 4.78 is 8.64. The lowest BCUT2D eigenvalue weighted by Crippen LogP contribution is -2.29. The summed E-state index contributed by atoms with van der Waals surface area (Å²) in [4.78, 5) is 16.8. The van der Waals surface area contributed by atoms with Crippen LogP contribution in [0.2, 0.25) is 0 Å². The van der Waals surface area contributed by atoms with Gasteiger partial charge in [-0.25, -0.2) is 4.98 Å². The van der Waals surface area contributed by atoms with E-state index in [0.29, 0.717) is 36.7 Å². The Morgan fingerprint density at radius 3 is 2.77 bits per heavy atom. The highest BCUT2D eigenvalue weighted by Gasteiger charge is 2.11. The first kappa shape index (κ1) is 21.0. The van der Waals surface area contributed by atoms with Gasteiger partial charge in [-0.3, -0.25) is 14.5 Å². The molecule has 160 valence electrons. The van der Waals surface area contributed by atoms with Crippen molar-refractivity contribution in [3.63, 3.8) is 0 Å². The molecule has 0 bridgehead atoms. The lowest BCUT2D eigenvalue weighted by Gasteiger charge is -2.09. The van der Waals surface area contributed by atoms with Gasteiger partial charge >= 0.3 is 0 Å². The number of aromatic amines is 1. The molecule has 10 heteroatoms. The maximum atomic E-state index is 12.3. The smallest absolute Gasteiger partial charge is 0.221 e. The van der Waals surface area contributed by atoms with Gasteiger partial charge in [-0.05, 0) is 48.6 Å². The van der Waals surface area contributed by atoms with E-state index in [1.807, 2.05) is 53.1 Å². The molecule has 0 aliphatic heterocycles. The molecule has 4 rings (SSSR count). The first-order chi connectivity index (χ1) is 15.1. The molecular weight excluding hydrogens is 432 g/mol. The molecule has 4 aromatic rings. The van der Waals surface area contributed by atoms with E-state index in [0.717, 1.165) is 26.7 Å². The SMILES string of the molecule is COc1ccc(-c2n[nH]c(=S)n2CCC(=O)NCCNc2nc3ccccc3s2)cc1. The molecule has 0 saturated carbocycles. The summed E-state index contributed by atoms with van der Waals surface area (Å²) >= 11 is 6.93. The number of anilines is 1. The minimum atomic E-state index is -0.0464. The Bertz CT molecular complexity index is 1200.